The number of fused-ring (bicyclic) bond motifs is 5. The van der Waals surface area contributed by atoms with Crippen molar-refractivity contribution in [1.29, 1.82) is 0 Å². The minimum absolute atomic E-state index is 0. The number of hydrogen-bond donors (Lipinski definition) is 0. The standard InChI is InChI=1S/C25H42O2.K.H/c1-5-17-10-13-21-20-12-9-18-7-6-8-19(11-14-23(26)27-4)25(18,3)22(20)15-16-24(17,21)2;;/h17-22H,5-16H2,1-4H3;;/t17-,18?,19?,20-,21-,22-,24+,25+;;/m0../s1. The second kappa shape index (κ2) is 9.31. The van der Waals surface area contributed by atoms with Crippen molar-refractivity contribution in [1.82, 2.24) is 0 Å². The third-order valence-corrected chi connectivity index (χ3v) is 10.6. The topological polar surface area (TPSA) is 26.3 Å². The molecular weight excluding hydrogens is 371 g/mol. The van der Waals surface area contributed by atoms with Gasteiger partial charge in [-0.25, -0.2) is 0 Å². The van der Waals surface area contributed by atoms with Crippen LogP contribution in [0.3, 0.4) is 0 Å². The number of carbonyl (C=O) groups is 1. The maximum atomic E-state index is 11.8. The first-order valence-electron chi connectivity index (χ1n) is 12.0. The molecule has 0 aromatic heterocycles. The Balaban J connectivity index is 0.00000225. The molecule has 3 heteroatoms. The van der Waals surface area contributed by atoms with Crippen LogP contribution in [0.4, 0.5) is 0 Å². The summed E-state index contributed by atoms with van der Waals surface area (Å²) in [5, 5.41) is 0. The predicted octanol–water partition coefficient (Wildman–Crippen LogP) is 5.98. The van der Waals surface area contributed by atoms with Crippen LogP contribution in [0.5, 0.6) is 0 Å². The van der Waals surface area contributed by atoms with E-state index in [2.05, 4.69) is 20.8 Å². The van der Waals surface area contributed by atoms with E-state index in [1.54, 1.807) is 0 Å². The van der Waals surface area contributed by atoms with E-state index >= 15 is 0 Å². The SMILES string of the molecule is CC[C@H]1CC[C@H]2[C@@H]3CCC4CCCC(CCC(=O)OC)[C@]4(C)[C@H]3CC[C@]12C.[KH]. The number of hydrogen-bond acceptors (Lipinski definition) is 2. The molecule has 0 spiro atoms. The molecule has 156 valence electrons. The molecule has 4 saturated carbocycles. The molecule has 4 aliphatic carbocycles. The molecule has 0 aromatic rings. The van der Waals surface area contributed by atoms with Crippen LogP contribution in [0.15, 0.2) is 0 Å². The van der Waals surface area contributed by atoms with Crippen LogP contribution >= 0.6 is 0 Å². The second-order valence-corrected chi connectivity index (χ2v) is 11.0. The van der Waals surface area contributed by atoms with Crippen molar-refractivity contribution < 1.29 is 9.53 Å². The molecule has 0 N–H and O–H groups in total. The first kappa shape index (κ1) is 23.8. The Morgan fingerprint density at radius 2 is 1.75 bits per heavy atom. The summed E-state index contributed by atoms with van der Waals surface area (Å²) in [7, 11) is 1.54. The quantitative estimate of drug-likeness (QED) is 0.418. The van der Waals surface area contributed by atoms with Gasteiger partial charge in [-0.15, -0.1) is 0 Å². The van der Waals surface area contributed by atoms with Crippen LogP contribution in [0.1, 0.15) is 97.8 Å². The molecule has 8 atom stereocenters. The third kappa shape index (κ3) is 3.76. The maximum absolute atomic E-state index is 11.8. The summed E-state index contributed by atoms with van der Waals surface area (Å²) in [5.41, 5.74) is 1.09. The van der Waals surface area contributed by atoms with Crippen LogP contribution in [0.25, 0.3) is 0 Å². The summed E-state index contributed by atoms with van der Waals surface area (Å²) in [6, 6.07) is 0. The number of methoxy groups -OCH3 is 1. The van der Waals surface area contributed by atoms with Crippen LogP contribution in [0.2, 0.25) is 0 Å². The van der Waals surface area contributed by atoms with Crippen molar-refractivity contribution in [3.63, 3.8) is 0 Å². The van der Waals surface area contributed by atoms with E-state index in [-0.39, 0.29) is 57.4 Å². The normalized spacial score (nSPS) is 47.3. The van der Waals surface area contributed by atoms with Crippen LogP contribution in [-0.2, 0) is 9.53 Å². The molecule has 2 nitrogen and oxygen atoms in total. The summed E-state index contributed by atoms with van der Waals surface area (Å²) in [6.45, 7) is 7.73. The first-order valence-corrected chi connectivity index (χ1v) is 12.0. The van der Waals surface area contributed by atoms with Gasteiger partial charge < -0.3 is 4.74 Å². The van der Waals surface area contributed by atoms with Gasteiger partial charge in [0.05, 0.1) is 7.11 Å². The van der Waals surface area contributed by atoms with Crippen molar-refractivity contribution in [3.05, 3.63) is 0 Å². The summed E-state index contributed by atoms with van der Waals surface area (Å²) in [6.07, 6.45) is 16.1. The second-order valence-electron chi connectivity index (χ2n) is 11.0. The first-order chi connectivity index (χ1) is 12.9. The van der Waals surface area contributed by atoms with Crippen molar-refractivity contribution in [2.75, 3.05) is 7.11 Å². The molecule has 0 amide bonds. The molecular formula is C25H43KO2. The molecule has 0 heterocycles. The van der Waals surface area contributed by atoms with Gasteiger partial charge in [0.2, 0.25) is 0 Å². The van der Waals surface area contributed by atoms with Crippen molar-refractivity contribution in [3.8, 4) is 0 Å². The van der Waals surface area contributed by atoms with Crippen molar-refractivity contribution in [2.24, 2.45) is 46.3 Å². The Hall–Kier alpha value is 1.11. The molecule has 0 saturated heterocycles. The summed E-state index contributed by atoms with van der Waals surface area (Å²) < 4.78 is 4.97. The molecule has 0 aliphatic heterocycles. The molecule has 4 rings (SSSR count). The summed E-state index contributed by atoms with van der Waals surface area (Å²) >= 11 is 0. The van der Waals surface area contributed by atoms with E-state index in [0.29, 0.717) is 17.3 Å². The average molecular weight is 415 g/mol. The van der Waals surface area contributed by atoms with E-state index < -0.39 is 0 Å². The molecule has 2 unspecified atom stereocenters. The van der Waals surface area contributed by atoms with E-state index in [1.165, 1.54) is 71.3 Å². The number of esters is 1. The molecule has 0 aromatic carbocycles. The van der Waals surface area contributed by atoms with Gasteiger partial charge in [-0.05, 0) is 104 Å². The predicted molar refractivity (Wildman–Crippen MR) is 117 cm³/mol. The van der Waals surface area contributed by atoms with E-state index in [9.17, 15) is 4.79 Å². The van der Waals surface area contributed by atoms with Crippen LogP contribution in [0, 0.1) is 46.3 Å². The summed E-state index contributed by atoms with van der Waals surface area (Å²) in [4.78, 5) is 11.8. The minimum atomic E-state index is -0.00844. The number of rotatable bonds is 4. The van der Waals surface area contributed by atoms with E-state index in [1.807, 2.05) is 0 Å². The monoisotopic (exact) mass is 414 g/mol. The van der Waals surface area contributed by atoms with Gasteiger partial charge in [0.25, 0.3) is 0 Å². The molecule has 4 aliphatic rings. The van der Waals surface area contributed by atoms with Gasteiger partial charge in [-0.3, -0.25) is 4.79 Å². The van der Waals surface area contributed by atoms with Crippen molar-refractivity contribution >= 4 is 57.4 Å². The van der Waals surface area contributed by atoms with E-state index in [0.717, 1.165) is 41.9 Å². The van der Waals surface area contributed by atoms with E-state index in [4.69, 9.17) is 4.74 Å². The zero-order chi connectivity index (χ0) is 19.2. The molecule has 4 fully saturated rings. The Bertz CT molecular complexity index is 563. The van der Waals surface area contributed by atoms with Crippen molar-refractivity contribution in [2.45, 2.75) is 97.8 Å². The fourth-order valence-electron chi connectivity index (χ4n) is 9.11. The zero-order valence-electron chi connectivity index (χ0n) is 18.3. The van der Waals surface area contributed by atoms with Gasteiger partial charge in [0.15, 0.2) is 0 Å². The Morgan fingerprint density at radius 1 is 0.964 bits per heavy atom. The van der Waals surface area contributed by atoms with Gasteiger partial charge in [0.1, 0.15) is 0 Å². The van der Waals surface area contributed by atoms with Gasteiger partial charge in [-0.1, -0.05) is 33.6 Å². The Morgan fingerprint density at radius 3 is 2.46 bits per heavy atom. The molecule has 28 heavy (non-hydrogen) atoms. The number of ether oxygens (including phenoxy) is 1. The van der Waals surface area contributed by atoms with Crippen LogP contribution in [-0.4, -0.2) is 64.5 Å². The fourth-order valence-corrected chi connectivity index (χ4v) is 9.11. The average Bonchev–Trinajstić information content (AvgIpc) is 3.02. The van der Waals surface area contributed by atoms with Gasteiger partial charge >= 0.3 is 57.4 Å². The Labute approximate surface area is 216 Å². The fraction of sp³-hybridized carbons (Fsp3) is 0.960. The van der Waals surface area contributed by atoms with Crippen LogP contribution < -0.4 is 0 Å². The zero-order valence-corrected chi connectivity index (χ0v) is 18.3. The molecule has 0 bridgehead atoms. The number of carbonyl (C=O) groups excluding carboxylic acids is 1. The summed E-state index contributed by atoms with van der Waals surface area (Å²) in [5.74, 6) is 5.44. The van der Waals surface area contributed by atoms with Gasteiger partial charge in [0, 0.05) is 6.42 Å². The Kier molecular flexibility index (Phi) is 7.90. The van der Waals surface area contributed by atoms with Gasteiger partial charge in [-0.2, -0.15) is 0 Å². The third-order valence-electron chi connectivity index (χ3n) is 10.6. The molecule has 0 radical (unpaired) electrons.